The van der Waals surface area contributed by atoms with Gasteiger partial charge in [-0.05, 0) is 37.9 Å². The first-order valence-electron chi connectivity index (χ1n) is 6.07. The van der Waals surface area contributed by atoms with Crippen LogP contribution in [0.1, 0.15) is 19.3 Å². The lowest BCUT2D eigenvalue weighted by Gasteiger charge is -2.05. The molecule has 1 fully saturated rings. The van der Waals surface area contributed by atoms with E-state index in [2.05, 4.69) is 33.1 Å². The zero-order valence-electron chi connectivity index (χ0n) is 9.39. The van der Waals surface area contributed by atoms with Crippen molar-refractivity contribution in [1.82, 2.24) is 14.9 Å². The molecule has 0 spiro atoms. The summed E-state index contributed by atoms with van der Waals surface area (Å²) in [5, 5.41) is 3.53. The predicted octanol–water partition coefficient (Wildman–Crippen LogP) is 2.18. The molecule has 1 heterocycles. The van der Waals surface area contributed by atoms with Gasteiger partial charge in [-0.1, -0.05) is 12.1 Å². The number of aryl methyl sites for hydroxylation is 1. The summed E-state index contributed by atoms with van der Waals surface area (Å²) in [6.07, 6.45) is 5.86. The SMILES string of the molecule is c1ccc2c(c1)ncn2CCCNC1CC1. The molecule has 3 heteroatoms. The van der Waals surface area contributed by atoms with Gasteiger partial charge in [-0.3, -0.25) is 0 Å². The maximum atomic E-state index is 4.39. The third-order valence-corrected chi connectivity index (χ3v) is 3.11. The highest BCUT2D eigenvalue weighted by Crippen LogP contribution is 2.18. The van der Waals surface area contributed by atoms with Crippen molar-refractivity contribution in [2.24, 2.45) is 0 Å². The number of nitrogens with one attached hydrogen (secondary N) is 1. The second kappa shape index (κ2) is 4.26. The summed E-state index contributed by atoms with van der Waals surface area (Å²) in [5.41, 5.74) is 2.34. The van der Waals surface area contributed by atoms with Gasteiger partial charge in [0.1, 0.15) is 0 Å². The average Bonchev–Trinajstić information content (AvgIpc) is 3.05. The topological polar surface area (TPSA) is 29.9 Å². The van der Waals surface area contributed by atoms with Crippen LogP contribution in [0, 0.1) is 0 Å². The second-order valence-corrected chi connectivity index (χ2v) is 4.51. The van der Waals surface area contributed by atoms with E-state index in [-0.39, 0.29) is 0 Å². The van der Waals surface area contributed by atoms with Gasteiger partial charge in [0.2, 0.25) is 0 Å². The second-order valence-electron chi connectivity index (χ2n) is 4.51. The fourth-order valence-corrected chi connectivity index (χ4v) is 2.03. The molecule has 0 amide bonds. The van der Waals surface area contributed by atoms with E-state index in [4.69, 9.17) is 0 Å². The first kappa shape index (κ1) is 9.85. The fourth-order valence-electron chi connectivity index (χ4n) is 2.03. The summed E-state index contributed by atoms with van der Waals surface area (Å²) < 4.78 is 2.24. The number of hydrogen-bond acceptors (Lipinski definition) is 2. The Morgan fingerprint density at radius 2 is 2.19 bits per heavy atom. The summed E-state index contributed by atoms with van der Waals surface area (Å²) in [6.45, 7) is 2.18. The van der Waals surface area contributed by atoms with Crippen molar-refractivity contribution in [3.63, 3.8) is 0 Å². The van der Waals surface area contributed by atoms with E-state index in [1.165, 1.54) is 24.8 Å². The summed E-state index contributed by atoms with van der Waals surface area (Å²) in [6, 6.07) is 9.13. The Balaban J connectivity index is 1.60. The van der Waals surface area contributed by atoms with Gasteiger partial charge in [0.15, 0.2) is 0 Å². The number of aromatic nitrogens is 2. The normalized spacial score (nSPS) is 15.8. The summed E-state index contributed by atoms with van der Waals surface area (Å²) in [5.74, 6) is 0. The van der Waals surface area contributed by atoms with Crippen molar-refractivity contribution in [3.05, 3.63) is 30.6 Å². The standard InChI is InChI=1S/C13H17N3/c1-2-5-13-12(4-1)15-10-16(13)9-3-8-14-11-6-7-11/h1-2,4-5,10-11,14H,3,6-9H2. The monoisotopic (exact) mass is 215 g/mol. The van der Waals surface area contributed by atoms with Gasteiger partial charge in [0.25, 0.3) is 0 Å². The molecule has 1 N–H and O–H groups in total. The van der Waals surface area contributed by atoms with Crippen molar-refractivity contribution < 1.29 is 0 Å². The number of hydrogen-bond donors (Lipinski definition) is 1. The Hall–Kier alpha value is -1.35. The van der Waals surface area contributed by atoms with Gasteiger partial charge in [0, 0.05) is 12.6 Å². The maximum Gasteiger partial charge on any atom is 0.0958 e. The molecule has 1 saturated carbocycles. The number of nitrogens with zero attached hydrogens (tertiary/aromatic N) is 2. The Labute approximate surface area is 95.5 Å². The minimum atomic E-state index is 0.819. The lowest BCUT2D eigenvalue weighted by atomic mass is 10.3. The van der Waals surface area contributed by atoms with Crippen LogP contribution in [-0.2, 0) is 6.54 Å². The molecule has 84 valence electrons. The molecule has 0 bridgehead atoms. The van der Waals surface area contributed by atoms with Crippen LogP contribution >= 0.6 is 0 Å². The number of imidazole rings is 1. The Morgan fingerprint density at radius 1 is 1.31 bits per heavy atom. The van der Waals surface area contributed by atoms with Crippen LogP contribution < -0.4 is 5.32 Å². The van der Waals surface area contributed by atoms with Gasteiger partial charge in [0.05, 0.1) is 17.4 Å². The molecule has 1 aromatic heterocycles. The van der Waals surface area contributed by atoms with Gasteiger partial charge >= 0.3 is 0 Å². The Kier molecular flexibility index (Phi) is 2.62. The third kappa shape index (κ3) is 2.09. The van der Waals surface area contributed by atoms with E-state index in [1.54, 1.807) is 0 Å². The Morgan fingerprint density at radius 3 is 3.06 bits per heavy atom. The van der Waals surface area contributed by atoms with Gasteiger partial charge < -0.3 is 9.88 Å². The molecule has 3 rings (SSSR count). The van der Waals surface area contributed by atoms with E-state index in [9.17, 15) is 0 Å². The van der Waals surface area contributed by atoms with Crippen molar-refractivity contribution in [2.45, 2.75) is 31.8 Å². The molecule has 0 radical (unpaired) electrons. The van der Waals surface area contributed by atoms with E-state index in [1.807, 2.05) is 12.4 Å². The minimum Gasteiger partial charge on any atom is -0.331 e. The molecule has 0 saturated heterocycles. The summed E-state index contributed by atoms with van der Waals surface area (Å²) in [7, 11) is 0. The number of benzene rings is 1. The molecule has 0 atom stereocenters. The van der Waals surface area contributed by atoms with Crippen molar-refractivity contribution in [3.8, 4) is 0 Å². The zero-order chi connectivity index (χ0) is 10.8. The molecule has 0 aliphatic heterocycles. The summed E-state index contributed by atoms with van der Waals surface area (Å²) >= 11 is 0. The van der Waals surface area contributed by atoms with Crippen LogP contribution in [0.4, 0.5) is 0 Å². The lowest BCUT2D eigenvalue weighted by molar-refractivity contribution is 0.586. The average molecular weight is 215 g/mol. The minimum absolute atomic E-state index is 0.819. The Bertz CT molecular complexity index is 471. The van der Waals surface area contributed by atoms with Gasteiger partial charge in [-0.25, -0.2) is 4.98 Å². The molecule has 16 heavy (non-hydrogen) atoms. The van der Waals surface area contributed by atoms with Crippen LogP contribution in [0.3, 0.4) is 0 Å². The summed E-state index contributed by atoms with van der Waals surface area (Å²) in [4.78, 5) is 4.39. The van der Waals surface area contributed by atoms with Gasteiger partial charge in [-0.15, -0.1) is 0 Å². The highest BCUT2D eigenvalue weighted by Gasteiger charge is 2.19. The third-order valence-electron chi connectivity index (χ3n) is 3.11. The van der Waals surface area contributed by atoms with Crippen molar-refractivity contribution in [2.75, 3.05) is 6.54 Å². The zero-order valence-corrected chi connectivity index (χ0v) is 9.39. The number of fused-ring (bicyclic) bond motifs is 1. The fraction of sp³-hybridized carbons (Fsp3) is 0.462. The molecule has 2 aromatic rings. The van der Waals surface area contributed by atoms with E-state index in [0.29, 0.717) is 0 Å². The van der Waals surface area contributed by atoms with Crippen LogP contribution in [0.2, 0.25) is 0 Å². The lowest BCUT2D eigenvalue weighted by Crippen LogP contribution is -2.18. The molecule has 1 aliphatic carbocycles. The first-order valence-corrected chi connectivity index (χ1v) is 6.07. The number of rotatable bonds is 5. The quantitative estimate of drug-likeness (QED) is 0.775. The maximum absolute atomic E-state index is 4.39. The van der Waals surface area contributed by atoms with Crippen LogP contribution in [-0.4, -0.2) is 22.1 Å². The van der Waals surface area contributed by atoms with Crippen molar-refractivity contribution >= 4 is 11.0 Å². The first-order chi connectivity index (χ1) is 7.93. The molecule has 3 nitrogen and oxygen atoms in total. The molecule has 1 aromatic carbocycles. The molecule has 0 unspecified atom stereocenters. The van der Waals surface area contributed by atoms with E-state index >= 15 is 0 Å². The van der Waals surface area contributed by atoms with E-state index in [0.717, 1.165) is 24.6 Å². The van der Waals surface area contributed by atoms with Crippen LogP contribution in [0.15, 0.2) is 30.6 Å². The highest BCUT2D eigenvalue weighted by molar-refractivity contribution is 5.74. The predicted molar refractivity (Wildman–Crippen MR) is 65.4 cm³/mol. The largest absolute Gasteiger partial charge is 0.331 e. The van der Waals surface area contributed by atoms with Crippen LogP contribution in [0.25, 0.3) is 11.0 Å². The number of para-hydroxylation sites is 2. The van der Waals surface area contributed by atoms with Crippen LogP contribution in [0.5, 0.6) is 0 Å². The molecule has 1 aliphatic rings. The van der Waals surface area contributed by atoms with Crippen molar-refractivity contribution in [1.29, 1.82) is 0 Å². The van der Waals surface area contributed by atoms with Gasteiger partial charge in [-0.2, -0.15) is 0 Å². The molecular weight excluding hydrogens is 198 g/mol. The smallest absolute Gasteiger partial charge is 0.0958 e. The van der Waals surface area contributed by atoms with E-state index < -0.39 is 0 Å². The molecular formula is C13H17N3. The highest BCUT2D eigenvalue weighted by atomic mass is 15.0.